The summed E-state index contributed by atoms with van der Waals surface area (Å²) in [4.78, 5) is 17.9. The predicted molar refractivity (Wildman–Crippen MR) is 181 cm³/mol. The Bertz CT molecular complexity index is 1460. The highest BCUT2D eigenvalue weighted by Crippen LogP contribution is 2.22. The van der Waals surface area contributed by atoms with Crippen molar-refractivity contribution in [2.45, 2.75) is 7.43 Å². The van der Waals surface area contributed by atoms with Gasteiger partial charge in [-0.2, -0.15) is 0 Å². The lowest BCUT2D eigenvalue weighted by Gasteiger charge is -2.07. The van der Waals surface area contributed by atoms with Crippen LogP contribution in [0, 0.1) is 7.14 Å². The molecule has 8 heteroatoms. The molecule has 39 heavy (non-hydrogen) atoms. The van der Waals surface area contributed by atoms with Crippen LogP contribution in [0.25, 0.3) is 17.1 Å². The fourth-order valence-electron chi connectivity index (χ4n) is 3.30. The molecule has 0 aliphatic heterocycles. The number of amidine groups is 1. The number of para-hydroxylation sites is 2. The van der Waals surface area contributed by atoms with Gasteiger partial charge in [-0.1, -0.05) is 68.1 Å². The molecule has 0 radical (unpaired) electrons. The normalized spacial score (nSPS) is 10.2. The average Bonchev–Trinajstić information content (AvgIpc) is 3.45. The molecule has 5 rings (SSSR count). The second-order valence-corrected chi connectivity index (χ2v) is 10.4. The van der Waals surface area contributed by atoms with E-state index in [1.807, 2.05) is 85.2 Å². The van der Waals surface area contributed by atoms with E-state index in [2.05, 4.69) is 96.1 Å². The van der Waals surface area contributed by atoms with Gasteiger partial charge in [0.25, 0.3) is 0 Å². The summed E-state index contributed by atoms with van der Waals surface area (Å²) < 4.78 is 4.47. The third-order valence-corrected chi connectivity index (χ3v) is 6.42. The van der Waals surface area contributed by atoms with Crippen molar-refractivity contribution in [1.82, 2.24) is 9.55 Å². The summed E-state index contributed by atoms with van der Waals surface area (Å²) in [5.74, 6) is 1.63. The van der Waals surface area contributed by atoms with E-state index in [-0.39, 0.29) is 13.3 Å². The highest BCUT2D eigenvalue weighted by atomic mass is 127. The fourth-order valence-corrected chi connectivity index (χ4v) is 4.38. The summed E-state index contributed by atoms with van der Waals surface area (Å²) in [6, 6.07) is 36.3. The number of imidazole rings is 1. The number of halogens is 3. The zero-order valence-corrected chi connectivity index (χ0v) is 25.4. The zero-order chi connectivity index (χ0) is 27.2. The first kappa shape index (κ1) is 32.2. The van der Waals surface area contributed by atoms with Crippen LogP contribution in [0.3, 0.4) is 0 Å². The second kappa shape index (κ2) is 17.5. The van der Waals surface area contributed by atoms with Crippen molar-refractivity contribution in [3.05, 3.63) is 134 Å². The van der Waals surface area contributed by atoms with E-state index in [9.17, 15) is 0 Å². The van der Waals surface area contributed by atoms with Crippen molar-refractivity contribution in [1.29, 1.82) is 0 Å². The fraction of sp³-hybridized carbons (Fsp3) is 0.0645. The molecule has 0 saturated heterocycles. The minimum atomic E-state index is 0. The molecule has 0 fully saturated rings. The summed E-state index contributed by atoms with van der Waals surface area (Å²) in [5.41, 5.74) is 10.0. The molecule has 0 unspecified atom stereocenters. The van der Waals surface area contributed by atoms with Gasteiger partial charge in [-0.25, -0.2) is 9.98 Å². The van der Waals surface area contributed by atoms with Crippen molar-refractivity contribution in [2.24, 2.45) is 10.7 Å². The van der Waals surface area contributed by atoms with Crippen molar-refractivity contribution >= 4 is 74.6 Å². The number of nitrogens with two attached hydrogens (primary N) is 1. The second-order valence-electron chi connectivity index (χ2n) is 7.63. The van der Waals surface area contributed by atoms with Crippen LogP contribution in [0.2, 0.25) is 0 Å². The Hall–Kier alpha value is -3.02. The van der Waals surface area contributed by atoms with Crippen molar-refractivity contribution in [2.75, 3.05) is 5.88 Å². The van der Waals surface area contributed by atoms with Gasteiger partial charge < -0.3 is 10.5 Å². The molecule has 0 spiro atoms. The number of benzene rings is 4. The van der Waals surface area contributed by atoms with E-state index in [1.54, 1.807) is 0 Å². The molecule has 0 saturated carbocycles. The van der Waals surface area contributed by atoms with Gasteiger partial charge in [0.1, 0.15) is 17.9 Å². The molecule has 0 amide bonds. The first-order chi connectivity index (χ1) is 18.5. The minimum absolute atomic E-state index is 0. The van der Waals surface area contributed by atoms with Crippen LogP contribution in [0.5, 0.6) is 0 Å². The number of rotatable bonds is 5. The van der Waals surface area contributed by atoms with Crippen molar-refractivity contribution in [3.8, 4) is 17.1 Å². The first-order valence-electron chi connectivity index (χ1n) is 11.5. The maximum atomic E-state index is 9.04. The Balaban J connectivity index is 0.000000237. The summed E-state index contributed by atoms with van der Waals surface area (Å²) in [5, 5.41) is 0. The molecule has 0 aliphatic rings. The molecule has 5 nitrogen and oxygen atoms in total. The molecule has 5 aromatic rings. The molecule has 1 aromatic heterocycles. The number of carbonyl (C=O) groups excluding carboxylic acids is 1. The van der Waals surface area contributed by atoms with Gasteiger partial charge >= 0.3 is 0 Å². The quantitative estimate of drug-likeness (QED) is 0.0642. The van der Waals surface area contributed by atoms with E-state index in [4.69, 9.17) is 22.1 Å². The Labute approximate surface area is 262 Å². The highest BCUT2D eigenvalue weighted by Gasteiger charge is 2.07. The molecule has 200 valence electrons. The third-order valence-electron chi connectivity index (χ3n) is 4.95. The van der Waals surface area contributed by atoms with Gasteiger partial charge in [0.05, 0.1) is 11.6 Å². The maximum absolute atomic E-state index is 9.04. The van der Waals surface area contributed by atoms with Crippen LogP contribution in [-0.4, -0.2) is 27.6 Å². The molecule has 4 aromatic carbocycles. The topological polar surface area (TPSA) is 73.3 Å². The Kier molecular flexibility index (Phi) is 14.5. The number of aldehydes is 1. The van der Waals surface area contributed by atoms with E-state index in [1.165, 1.54) is 3.57 Å². The van der Waals surface area contributed by atoms with Crippen LogP contribution in [0.4, 0.5) is 5.69 Å². The van der Waals surface area contributed by atoms with E-state index in [0.29, 0.717) is 12.1 Å². The Morgan fingerprint density at radius 1 is 0.872 bits per heavy atom. The van der Waals surface area contributed by atoms with Gasteiger partial charge in [0.15, 0.2) is 0 Å². The smallest absolute Gasteiger partial charge is 0.144 e. The Morgan fingerprint density at radius 2 is 1.46 bits per heavy atom. The highest BCUT2D eigenvalue weighted by molar-refractivity contribution is 14.1. The number of aliphatic imine (C=N–C) groups is 1. The van der Waals surface area contributed by atoms with E-state index >= 15 is 0 Å². The molecule has 0 bridgehead atoms. The molecular weight excluding hydrogens is 734 g/mol. The zero-order valence-electron chi connectivity index (χ0n) is 20.3. The summed E-state index contributed by atoms with van der Waals surface area (Å²) in [6.07, 6.45) is 4.47. The number of hydrogen-bond acceptors (Lipinski definition) is 3. The standard InChI is InChI=1S/C15H11IN2.C13H11IN2.C2H3ClO.CH4/c16-13-6-4-5-12(11-13)15-17-9-10-18(15)14-7-2-1-3-8-14;14-11-6-4-5-10(9-11)13(15)16-12-7-2-1-3-8-12;3-1-2-4;/h1-11H;1-9H,(H2,15,16);2H,1H2;1H4. The number of nitrogens with zero attached hydrogens (tertiary/aromatic N) is 3. The average molecular weight is 763 g/mol. The maximum Gasteiger partial charge on any atom is 0.144 e. The third kappa shape index (κ3) is 10.6. The number of aromatic nitrogens is 2. The number of hydrogen-bond donors (Lipinski definition) is 1. The Morgan fingerprint density at radius 3 is 2.05 bits per heavy atom. The lowest BCUT2D eigenvalue weighted by molar-refractivity contribution is -0.105. The SMILES string of the molecule is C.Ic1cccc(-c2nccn2-c2ccccc2)c1.NC(=Nc1ccccc1)c1cccc(I)c1.O=CCCl. The van der Waals surface area contributed by atoms with Gasteiger partial charge in [-0.15, -0.1) is 11.6 Å². The molecule has 0 atom stereocenters. The van der Waals surface area contributed by atoms with Gasteiger partial charge in [-0.05, 0) is 93.7 Å². The van der Waals surface area contributed by atoms with Crippen LogP contribution in [-0.2, 0) is 4.79 Å². The van der Waals surface area contributed by atoms with Crippen LogP contribution < -0.4 is 5.73 Å². The number of carbonyl (C=O) groups is 1. The van der Waals surface area contributed by atoms with Crippen LogP contribution >= 0.6 is 56.8 Å². The summed E-state index contributed by atoms with van der Waals surface area (Å²) in [7, 11) is 0. The van der Waals surface area contributed by atoms with Gasteiger partial charge in [-0.3, -0.25) is 4.57 Å². The summed E-state index contributed by atoms with van der Waals surface area (Å²) >= 11 is 9.40. The molecule has 0 aliphatic carbocycles. The van der Waals surface area contributed by atoms with Gasteiger partial charge in [0.2, 0.25) is 0 Å². The van der Waals surface area contributed by atoms with Crippen molar-refractivity contribution < 1.29 is 4.79 Å². The monoisotopic (exact) mass is 762 g/mol. The van der Waals surface area contributed by atoms with Gasteiger partial charge in [0, 0.05) is 36.3 Å². The van der Waals surface area contributed by atoms with E-state index in [0.717, 1.165) is 31.9 Å². The van der Waals surface area contributed by atoms with E-state index < -0.39 is 0 Å². The van der Waals surface area contributed by atoms with Crippen molar-refractivity contribution in [3.63, 3.8) is 0 Å². The number of alkyl halides is 1. The first-order valence-corrected chi connectivity index (χ1v) is 14.2. The predicted octanol–water partition coefficient (Wildman–Crippen LogP) is 8.53. The summed E-state index contributed by atoms with van der Waals surface area (Å²) in [6.45, 7) is 0. The van der Waals surface area contributed by atoms with Crippen LogP contribution in [0.1, 0.15) is 13.0 Å². The van der Waals surface area contributed by atoms with Crippen LogP contribution in [0.15, 0.2) is 127 Å². The largest absolute Gasteiger partial charge is 0.383 e. The molecular formula is C31H29ClI2N4O. The minimum Gasteiger partial charge on any atom is -0.383 e. The molecule has 2 N–H and O–H groups in total. The lowest BCUT2D eigenvalue weighted by atomic mass is 10.2. The molecule has 1 heterocycles. The lowest BCUT2D eigenvalue weighted by Crippen LogP contribution is -2.12.